The van der Waals surface area contributed by atoms with Gasteiger partial charge in [-0.3, -0.25) is 0 Å². The van der Waals surface area contributed by atoms with Gasteiger partial charge in [0.2, 0.25) is 0 Å². The van der Waals surface area contributed by atoms with E-state index in [0.29, 0.717) is 0 Å². The number of hydrogen-bond donors (Lipinski definition) is 0. The Labute approximate surface area is 81.7 Å². The van der Waals surface area contributed by atoms with E-state index in [4.69, 9.17) is 4.74 Å². The average Bonchev–Trinajstić information content (AvgIpc) is 2.74. The molecule has 1 radical (unpaired) electrons. The molecule has 4 heteroatoms. The van der Waals surface area contributed by atoms with Gasteiger partial charge in [-0.05, 0) is 17.0 Å². The van der Waals surface area contributed by atoms with Crippen LogP contribution in [0.25, 0.3) is 0 Å². The van der Waals surface area contributed by atoms with Gasteiger partial charge in [0.05, 0.1) is 6.54 Å². The molecule has 0 bridgehead atoms. The fourth-order valence-electron chi connectivity index (χ4n) is 1.23. The lowest BCUT2D eigenvalue weighted by atomic mass is 10.3. The molecular weight excluding hydrogens is 184 g/mol. The van der Waals surface area contributed by atoms with Crippen molar-refractivity contribution in [3.8, 4) is 0 Å². The zero-order valence-electron chi connectivity index (χ0n) is 7.49. The second-order valence-electron chi connectivity index (χ2n) is 2.94. The average molecular weight is 195 g/mol. The molecule has 0 fully saturated rings. The van der Waals surface area contributed by atoms with Crippen molar-refractivity contribution >= 4 is 17.4 Å². The van der Waals surface area contributed by atoms with Gasteiger partial charge in [-0.25, -0.2) is 4.99 Å². The minimum absolute atomic E-state index is 0.718. The summed E-state index contributed by atoms with van der Waals surface area (Å²) in [6, 6.07) is 2.75. The van der Waals surface area contributed by atoms with Crippen molar-refractivity contribution in [2.24, 2.45) is 4.99 Å². The molecule has 0 saturated carbocycles. The molecule has 0 spiro atoms. The smallest absolute Gasteiger partial charge is 0.287 e. The predicted octanol–water partition coefficient (Wildman–Crippen LogP) is 1.37. The Kier molecular flexibility index (Phi) is 2.49. The van der Waals surface area contributed by atoms with E-state index >= 15 is 0 Å². The van der Waals surface area contributed by atoms with Gasteiger partial charge in [0.15, 0.2) is 0 Å². The van der Waals surface area contributed by atoms with Gasteiger partial charge in [-0.2, -0.15) is 0 Å². The Bertz CT molecular complexity index is 295. The van der Waals surface area contributed by atoms with Crippen molar-refractivity contribution in [3.63, 3.8) is 0 Å². The summed E-state index contributed by atoms with van der Waals surface area (Å²) in [7, 11) is 1.99. The topological polar surface area (TPSA) is 24.8 Å². The van der Waals surface area contributed by atoms with Crippen molar-refractivity contribution in [2.75, 3.05) is 20.2 Å². The molecule has 13 heavy (non-hydrogen) atoms. The SMILES string of the molecule is CN(Cc1c[c]sc1)C1=NCCO1. The largest absolute Gasteiger partial charge is 0.463 e. The Hall–Kier alpha value is -1.03. The highest BCUT2D eigenvalue weighted by molar-refractivity contribution is 7.07. The number of nitrogens with zero attached hydrogens (tertiary/aromatic N) is 2. The maximum Gasteiger partial charge on any atom is 0.287 e. The summed E-state index contributed by atoms with van der Waals surface area (Å²) in [5.74, 6) is 0. The summed E-state index contributed by atoms with van der Waals surface area (Å²) in [4.78, 5) is 6.25. The molecule has 0 N–H and O–H groups in total. The second kappa shape index (κ2) is 3.79. The van der Waals surface area contributed by atoms with Crippen LogP contribution in [0.5, 0.6) is 0 Å². The lowest BCUT2D eigenvalue weighted by molar-refractivity contribution is 0.280. The summed E-state index contributed by atoms with van der Waals surface area (Å²) < 4.78 is 5.33. The normalized spacial score (nSPS) is 15.3. The van der Waals surface area contributed by atoms with Crippen LogP contribution in [-0.4, -0.2) is 31.1 Å². The number of amidine groups is 1. The molecule has 0 amide bonds. The van der Waals surface area contributed by atoms with Gasteiger partial charge in [0.25, 0.3) is 6.02 Å². The number of hydrogen-bond acceptors (Lipinski definition) is 4. The lowest BCUT2D eigenvalue weighted by Crippen LogP contribution is -2.26. The van der Waals surface area contributed by atoms with Gasteiger partial charge >= 0.3 is 0 Å². The van der Waals surface area contributed by atoms with Crippen LogP contribution in [0.2, 0.25) is 0 Å². The fraction of sp³-hybridized carbons (Fsp3) is 0.444. The summed E-state index contributed by atoms with van der Waals surface area (Å²) in [6.45, 7) is 2.35. The van der Waals surface area contributed by atoms with Gasteiger partial charge in [0.1, 0.15) is 6.61 Å². The van der Waals surface area contributed by atoms with E-state index in [1.807, 2.05) is 18.0 Å². The van der Waals surface area contributed by atoms with Gasteiger partial charge < -0.3 is 9.64 Å². The van der Waals surface area contributed by atoms with Crippen LogP contribution in [0.15, 0.2) is 16.4 Å². The van der Waals surface area contributed by atoms with Gasteiger partial charge in [-0.15, -0.1) is 11.3 Å². The molecule has 0 unspecified atom stereocenters. The highest BCUT2D eigenvalue weighted by Gasteiger charge is 2.12. The number of aliphatic imine (C=N–C) groups is 1. The van der Waals surface area contributed by atoms with Crippen LogP contribution < -0.4 is 0 Å². The third-order valence-corrected chi connectivity index (χ3v) is 2.51. The molecule has 0 aliphatic carbocycles. The minimum atomic E-state index is 0.718. The molecule has 0 atom stereocenters. The molecule has 1 aliphatic heterocycles. The molecule has 2 heterocycles. The predicted molar refractivity (Wildman–Crippen MR) is 52.9 cm³/mol. The fourth-order valence-corrected chi connectivity index (χ4v) is 1.81. The summed E-state index contributed by atoms with van der Waals surface area (Å²) in [6.07, 6.45) is 0. The zero-order chi connectivity index (χ0) is 9.10. The molecule has 2 rings (SSSR count). The molecule has 0 saturated heterocycles. The molecule has 69 valence electrons. The van der Waals surface area contributed by atoms with Crippen LogP contribution in [0.1, 0.15) is 5.56 Å². The van der Waals surface area contributed by atoms with Crippen molar-refractivity contribution in [1.29, 1.82) is 0 Å². The zero-order valence-corrected chi connectivity index (χ0v) is 8.30. The van der Waals surface area contributed by atoms with Crippen LogP contribution >= 0.6 is 11.3 Å². The van der Waals surface area contributed by atoms with E-state index < -0.39 is 0 Å². The van der Waals surface area contributed by atoms with Gasteiger partial charge in [0, 0.05) is 19.0 Å². The van der Waals surface area contributed by atoms with Crippen molar-refractivity contribution < 1.29 is 4.74 Å². The summed E-state index contributed by atoms with van der Waals surface area (Å²) in [5, 5.41) is 5.15. The third-order valence-electron chi connectivity index (χ3n) is 1.84. The van der Waals surface area contributed by atoms with E-state index in [-0.39, 0.29) is 0 Å². The summed E-state index contributed by atoms with van der Waals surface area (Å²) >= 11 is 1.59. The van der Waals surface area contributed by atoms with E-state index in [1.54, 1.807) is 11.3 Å². The highest BCUT2D eigenvalue weighted by Crippen LogP contribution is 2.09. The van der Waals surface area contributed by atoms with Gasteiger partial charge in [-0.1, -0.05) is 0 Å². The maximum absolute atomic E-state index is 5.33. The standard InChI is InChI=1S/C9H11N2OS/c1-11(9-10-3-4-12-9)6-8-2-5-13-7-8/h2,7H,3-4,6H2,1H3. The van der Waals surface area contributed by atoms with Crippen LogP contribution in [0.4, 0.5) is 0 Å². The first kappa shape index (κ1) is 8.56. The molecule has 1 aliphatic rings. The first-order valence-corrected chi connectivity index (χ1v) is 5.06. The molecule has 1 aromatic heterocycles. The Morgan fingerprint density at radius 3 is 3.31 bits per heavy atom. The maximum atomic E-state index is 5.33. The van der Waals surface area contributed by atoms with E-state index in [9.17, 15) is 0 Å². The van der Waals surface area contributed by atoms with Crippen LogP contribution in [0, 0.1) is 5.38 Å². The molecule has 3 nitrogen and oxygen atoms in total. The van der Waals surface area contributed by atoms with Crippen LogP contribution in [0.3, 0.4) is 0 Å². The second-order valence-corrected chi connectivity index (χ2v) is 3.65. The number of thiophene rings is 1. The van der Waals surface area contributed by atoms with Crippen molar-refractivity contribution in [3.05, 3.63) is 22.4 Å². The van der Waals surface area contributed by atoms with E-state index in [1.165, 1.54) is 5.56 Å². The lowest BCUT2D eigenvalue weighted by Gasteiger charge is -2.16. The van der Waals surface area contributed by atoms with E-state index in [0.717, 1.165) is 25.7 Å². The van der Waals surface area contributed by atoms with Crippen molar-refractivity contribution in [2.45, 2.75) is 6.54 Å². The summed E-state index contributed by atoms with van der Waals surface area (Å²) in [5.41, 5.74) is 1.26. The van der Waals surface area contributed by atoms with Crippen molar-refractivity contribution in [1.82, 2.24) is 4.90 Å². The highest BCUT2D eigenvalue weighted by atomic mass is 32.1. The first-order chi connectivity index (χ1) is 6.36. The Morgan fingerprint density at radius 1 is 1.77 bits per heavy atom. The van der Waals surface area contributed by atoms with E-state index in [2.05, 4.69) is 15.8 Å². The quantitative estimate of drug-likeness (QED) is 0.712. The monoisotopic (exact) mass is 195 g/mol. The molecule has 1 aromatic rings. The minimum Gasteiger partial charge on any atom is -0.463 e. The molecular formula is C9H11N2OS. The Balaban J connectivity index is 1.95. The van der Waals surface area contributed by atoms with Crippen LogP contribution in [-0.2, 0) is 11.3 Å². The third kappa shape index (κ3) is 2.01. The first-order valence-electron chi connectivity index (χ1n) is 4.18. The molecule has 0 aromatic carbocycles. The number of rotatable bonds is 2. The number of ether oxygens (including phenoxy) is 1. The Morgan fingerprint density at radius 2 is 2.69 bits per heavy atom.